The fourth-order valence-corrected chi connectivity index (χ4v) is 3.56. The van der Waals surface area contributed by atoms with E-state index >= 15 is 0 Å². The van der Waals surface area contributed by atoms with E-state index in [4.69, 9.17) is 23.4 Å². The minimum Gasteiger partial charge on any atom is -0.464 e. The van der Waals surface area contributed by atoms with Crippen LogP contribution in [0.15, 0.2) is 47.1 Å². The van der Waals surface area contributed by atoms with Gasteiger partial charge in [0, 0.05) is 0 Å². The number of ether oxygens (including phenoxy) is 4. The molecule has 152 valence electrons. The van der Waals surface area contributed by atoms with Crippen molar-refractivity contribution < 1.29 is 33.6 Å². The van der Waals surface area contributed by atoms with Gasteiger partial charge in [0.1, 0.15) is 30.2 Å². The summed E-state index contributed by atoms with van der Waals surface area (Å²) in [5.41, 5.74) is 0.835. The minimum absolute atomic E-state index is 0.148. The summed E-state index contributed by atoms with van der Waals surface area (Å²) in [6, 6.07) is 11.1. The lowest BCUT2D eigenvalue weighted by Crippen LogP contribution is -2.63. The topological polar surface area (TPSA) is 90.5 Å². The summed E-state index contributed by atoms with van der Waals surface area (Å²) in [7, 11) is 0. The standard InChI is InChI=1S/C21H26O7/c1-21(2,3)12-7-4-5-8-13(12)26-20-17(23)16(22)18-15(27-20)11-25-19(28-18)14-9-6-10-24-14/h4-10,15-20,22-23H,11H2,1-3H3. The van der Waals surface area contributed by atoms with Crippen molar-refractivity contribution in [3.8, 4) is 5.75 Å². The van der Waals surface area contributed by atoms with Crippen molar-refractivity contribution in [2.24, 2.45) is 0 Å². The van der Waals surface area contributed by atoms with Crippen molar-refractivity contribution >= 4 is 0 Å². The van der Waals surface area contributed by atoms with Crippen LogP contribution in [0.4, 0.5) is 0 Å². The third kappa shape index (κ3) is 3.68. The first kappa shape index (κ1) is 19.4. The fraction of sp³-hybridized carbons (Fsp3) is 0.524. The lowest BCUT2D eigenvalue weighted by atomic mass is 9.86. The lowest BCUT2D eigenvalue weighted by molar-refractivity contribution is -0.352. The van der Waals surface area contributed by atoms with Gasteiger partial charge < -0.3 is 33.6 Å². The van der Waals surface area contributed by atoms with Crippen LogP contribution in [-0.2, 0) is 19.6 Å². The summed E-state index contributed by atoms with van der Waals surface area (Å²) in [4.78, 5) is 0. The zero-order valence-electron chi connectivity index (χ0n) is 16.1. The molecule has 2 aromatic rings. The van der Waals surface area contributed by atoms with E-state index < -0.39 is 37.0 Å². The van der Waals surface area contributed by atoms with E-state index in [9.17, 15) is 10.2 Å². The Bertz CT molecular complexity index is 780. The van der Waals surface area contributed by atoms with Gasteiger partial charge in [-0.25, -0.2) is 0 Å². The minimum atomic E-state index is -1.27. The second-order valence-electron chi connectivity index (χ2n) is 8.17. The molecule has 0 aliphatic carbocycles. The highest BCUT2D eigenvalue weighted by Gasteiger charge is 2.50. The Hall–Kier alpha value is -1.90. The number of para-hydroxylation sites is 1. The van der Waals surface area contributed by atoms with Gasteiger partial charge in [0.05, 0.1) is 12.9 Å². The number of benzene rings is 1. The maximum Gasteiger partial charge on any atom is 0.229 e. The molecule has 3 heterocycles. The largest absolute Gasteiger partial charge is 0.464 e. The van der Waals surface area contributed by atoms with Gasteiger partial charge in [0.2, 0.25) is 12.6 Å². The summed E-state index contributed by atoms with van der Waals surface area (Å²) in [6.45, 7) is 6.42. The Morgan fingerprint density at radius 1 is 1.00 bits per heavy atom. The lowest BCUT2D eigenvalue weighted by Gasteiger charge is -2.45. The quantitative estimate of drug-likeness (QED) is 0.832. The number of fused-ring (bicyclic) bond motifs is 1. The zero-order valence-corrected chi connectivity index (χ0v) is 16.1. The van der Waals surface area contributed by atoms with Gasteiger partial charge in [-0.15, -0.1) is 0 Å². The van der Waals surface area contributed by atoms with Gasteiger partial charge in [-0.05, 0) is 29.2 Å². The summed E-state index contributed by atoms with van der Waals surface area (Å²) >= 11 is 0. The Labute approximate surface area is 163 Å². The van der Waals surface area contributed by atoms with Gasteiger partial charge in [0.25, 0.3) is 0 Å². The first-order valence-corrected chi connectivity index (χ1v) is 9.43. The molecule has 7 nitrogen and oxygen atoms in total. The van der Waals surface area contributed by atoms with Crippen LogP contribution in [0.1, 0.15) is 38.4 Å². The molecule has 2 fully saturated rings. The van der Waals surface area contributed by atoms with E-state index in [1.54, 1.807) is 12.1 Å². The molecule has 4 rings (SSSR count). The maximum atomic E-state index is 10.6. The Morgan fingerprint density at radius 3 is 2.50 bits per heavy atom. The van der Waals surface area contributed by atoms with Crippen LogP contribution in [0.25, 0.3) is 0 Å². The summed E-state index contributed by atoms with van der Waals surface area (Å²) in [6.07, 6.45) is -4.05. The maximum absolute atomic E-state index is 10.6. The van der Waals surface area contributed by atoms with E-state index in [0.717, 1.165) is 5.56 Å². The predicted molar refractivity (Wildman–Crippen MR) is 98.7 cm³/mol. The van der Waals surface area contributed by atoms with Crippen molar-refractivity contribution in [2.45, 2.75) is 63.2 Å². The van der Waals surface area contributed by atoms with Crippen LogP contribution in [0.5, 0.6) is 5.75 Å². The molecule has 6 unspecified atom stereocenters. The van der Waals surface area contributed by atoms with Crippen LogP contribution >= 0.6 is 0 Å². The number of hydrogen-bond donors (Lipinski definition) is 2. The molecule has 2 N–H and O–H groups in total. The Morgan fingerprint density at radius 2 is 1.79 bits per heavy atom. The molecule has 7 heteroatoms. The van der Waals surface area contributed by atoms with E-state index in [0.29, 0.717) is 11.5 Å². The van der Waals surface area contributed by atoms with E-state index in [2.05, 4.69) is 20.8 Å². The Kier molecular flexibility index (Phi) is 5.20. The third-order valence-corrected chi connectivity index (χ3v) is 5.05. The van der Waals surface area contributed by atoms with Crippen LogP contribution in [0.2, 0.25) is 0 Å². The predicted octanol–water partition coefficient (Wildman–Crippen LogP) is 2.52. The molecule has 2 aliphatic heterocycles. The van der Waals surface area contributed by atoms with Gasteiger partial charge >= 0.3 is 0 Å². The van der Waals surface area contributed by atoms with Crippen LogP contribution in [-0.4, -0.2) is 47.5 Å². The van der Waals surface area contributed by atoms with E-state index in [1.807, 2.05) is 24.3 Å². The number of hydrogen-bond acceptors (Lipinski definition) is 7. The molecule has 28 heavy (non-hydrogen) atoms. The highest BCUT2D eigenvalue weighted by molar-refractivity contribution is 5.38. The first-order chi connectivity index (χ1) is 13.3. The summed E-state index contributed by atoms with van der Waals surface area (Å²) < 4.78 is 28.6. The third-order valence-electron chi connectivity index (χ3n) is 5.05. The van der Waals surface area contributed by atoms with Crippen molar-refractivity contribution in [3.63, 3.8) is 0 Å². The van der Waals surface area contributed by atoms with Crippen LogP contribution in [0.3, 0.4) is 0 Å². The molecular formula is C21H26O7. The normalized spacial score (nSPS) is 33.3. The van der Waals surface area contributed by atoms with Gasteiger partial charge in [-0.3, -0.25) is 0 Å². The van der Waals surface area contributed by atoms with Crippen LogP contribution in [0, 0.1) is 0 Å². The number of rotatable bonds is 3. The second-order valence-corrected chi connectivity index (χ2v) is 8.17. The fourth-order valence-electron chi connectivity index (χ4n) is 3.56. The summed E-state index contributed by atoms with van der Waals surface area (Å²) in [5, 5.41) is 21.2. The molecule has 1 aromatic heterocycles. The zero-order chi connectivity index (χ0) is 19.9. The molecule has 0 spiro atoms. The monoisotopic (exact) mass is 390 g/mol. The molecule has 0 saturated carbocycles. The van der Waals surface area contributed by atoms with E-state index in [-0.39, 0.29) is 12.0 Å². The molecule has 1 aromatic carbocycles. The van der Waals surface area contributed by atoms with Crippen molar-refractivity contribution in [3.05, 3.63) is 54.0 Å². The average Bonchev–Trinajstić information content (AvgIpc) is 3.20. The highest BCUT2D eigenvalue weighted by atomic mass is 16.8. The van der Waals surface area contributed by atoms with Crippen molar-refractivity contribution in [1.29, 1.82) is 0 Å². The molecule has 6 atom stereocenters. The van der Waals surface area contributed by atoms with E-state index in [1.165, 1.54) is 6.26 Å². The van der Waals surface area contributed by atoms with Gasteiger partial charge in [-0.2, -0.15) is 0 Å². The smallest absolute Gasteiger partial charge is 0.229 e. The molecule has 0 radical (unpaired) electrons. The van der Waals surface area contributed by atoms with Crippen molar-refractivity contribution in [2.75, 3.05) is 6.61 Å². The van der Waals surface area contributed by atoms with Crippen LogP contribution < -0.4 is 4.74 Å². The second kappa shape index (κ2) is 7.50. The van der Waals surface area contributed by atoms with Crippen molar-refractivity contribution in [1.82, 2.24) is 0 Å². The molecular weight excluding hydrogens is 364 g/mol. The molecule has 2 saturated heterocycles. The Balaban J connectivity index is 1.50. The number of furan rings is 1. The first-order valence-electron chi connectivity index (χ1n) is 9.43. The average molecular weight is 390 g/mol. The van der Waals surface area contributed by atoms with Gasteiger partial charge in [-0.1, -0.05) is 39.0 Å². The molecule has 0 bridgehead atoms. The summed E-state index contributed by atoms with van der Waals surface area (Å²) in [5.74, 6) is 1.11. The number of aliphatic hydroxyl groups is 2. The SMILES string of the molecule is CC(C)(C)c1ccccc1OC1OC2COC(c3ccco3)OC2C(O)C1O. The molecule has 0 amide bonds. The molecule has 2 aliphatic rings. The highest BCUT2D eigenvalue weighted by Crippen LogP contribution is 2.37. The van der Waals surface area contributed by atoms with Gasteiger partial charge in [0.15, 0.2) is 5.76 Å². The number of aliphatic hydroxyl groups excluding tert-OH is 2.